The van der Waals surface area contributed by atoms with Crippen molar-refractivity contribution in [3.8, 4) is 0 Å². The lowest BCUT2D eigenvalue weighted by molar-refractivity contribution is 1.26. The van der Waals surface area contributed by atoms with Gasteiger partial charge >= 0.3 is 0 Å². The minimum Gasteiger partial charge on any atom is -0.354 e. The molecule has 70 valence electrons. The van der Waals surface area contributed by atoms with E-state index in [9.17, 15) is 0 Å². The summed E-state index contributed by atoms with van der Waals surface area (Å²) in [6.45, 7) is 0. The molecule has 0 saturated heterocycles. The van der Waals surface area contributed by atoms with Gasteiger partial charge in [-0.2, -0.15) is 0 Å². The van der Waals surface area contributed by atoms with Gasteiger partial charge in [-0.15, -0.1) is 0 Å². The Bertz CT molecular complexity index is 416. The van der Waals surface area contributed by atoms with Crippen molar-refractivity contribution in [2.45, 2.75) is 0 Å². The number of aromatic nitrogens is 1. The first kappa shape index (κ1) is 8.69. The number of rotatable bonds is 1. The van der Waals surface area contributed by atoms with Crippen LogP contribution in [-0.2, 0) is 0 Å². The first-order chi connectivity index (χ1) is 6.90. The highest BCUT2D eigenvalue weighted by Crippen LogP contribution is 2.21. The third-order valence-corrected chi connectivity index (χ3v) is 1.94. The van der Waals surface area contributed by atoms with Gasteiger partial charge in [-0.25, -0.2) is 0 Å². The largest absolute Gasteiger partial charge is 0.354 e. The maximum Gasteiger partial charge on any atom is 0.0865 e. The Hall–Kier alpha value is -1.90. The molecule has 0 fully saturated rings. The zero-order valence-electron chi connectivity index (χ0n) is 7.94. The maximum atomic E-state index is 4.22. The van der Waals surface area contributed by atoms with E-state index in [1.165, 1.54) is 0 Å². The molecule has 0 saturated carbocycles. The topological polar surface area (TPSA) is 37.3 Å². The summed E-state index contributed by atoms with van der Waals surface area (Å²) in [6, 6.07) is 3.92. The van der Waals surface area contributed by atoms with Crippen LogP contribution in [0, 0.1) is 0 Å². The summed E-state index contributed by atoms with van der Waals surface area (Å²) in [5.74, 6) is 0. The van der Waals surface area contributed by atoms with E-state index < -0.39 is 0 Å². The molecule has 0 unspecified atom stereocenters. The lowest BCUT2D eigenvalue weighted by atomic mass is 10.2. The van der Waals surface area contributed by atoms with Crippen molar-refractivity contribution in [2.24, 2.45) is 4.99 Å². The number of pyridine rings is 1. The predicted molar refractivity (Wildman–Crippen MR) is 59.4 cm³/mol. The van der Waals surface area contributed by atoms with Gasteiger partial charge in [-0.1, -0.05) is 0 Å². The van der Waals surface area contributed by atoms with Crippen LogP contribution < -0.4 is 5.32 Å². The zero-order valence-corrected chi connectivity index (χ0v) is 7.94. The molecule has 1 aliphatic rings. The molecule has 3 heteroatoms. The molecule has 0 radical (unpaired) electrons. The quantitative estimate of drug-likeness (QED) is 0.680. The van der Waals surface area contributed by atoms with Crippen LogP contribution in [0.5, 0.6) is 0 Å². The number of aliphatic imine (C=N–C) groups is 1. The van der Waals surface area contributed by atoms with E-state index in [1.807, 2.05) is 30.4 Å². The maximum absolute atomic E-state index is 4.22. The Labute approximate surface area is 82.9 Å². The molecule has 0 spiro atoms. The van der Waals surface area contributed by atoms with Gasteiger partial charge in [0.2, 0.25) is 0 Å². The zero-order chi connectivity index (χ0) is 9.80. The van der Waals surface area contributed by atoms with Gasteiger partial charge in [-0.3, -0.25) is 9.98 Å². The highest BCUT2D eigenvalue weighted by Gasteiger charge is 2.05. The van der Waals surface area contributed by atoms with Crippen molar-refractivity contribution in [3.63, 3.8) is 0 Å². The fourth-order valence-electron chi connectivity index (χ4n) is 1.27. The smallest absolute Gasteiger partial charge is 0.0865 e. The fraction of sp³-hybridized carbons (Fsp3) is 0.0909. The summed E-state index contributed by atoms with van der Waals surface area (Å²) in [6.07, 6.45) is 9.44. The van der Waals surface area contributed by atoms with Crippen LogP contribution in [0.2, 0.25) is 0 Å². The van der Waals surface area contributed by atoms with Crippen molar-refractivity contribution in [3.05, 3.63) is 41.9 Å². The third kappa shape index (κ3) is 1.71. The SMILES string of the molecule is C/N=C\C=C1\C=Cc2ncccc2N1. The molecule has 14 heavy (non-hydrogen) atoms. The second-order valence-corrected chi connectivity index (χ2v) is 2.92. The lowest BCUT2D eigenvalue weighted by Gasteiger charge is -2.13. The summed E-state index contributed by atoms with van der Waals surface area (Å²) in [7, 11) is 1.75. The molecule has 1 aromatic heterocycles. The van der Waals surface area contributed by atoms with E-state index in [4.69, 9.17) is 0 Å². The number of allylic oxidation sites excluding steroid dienone is 2. The Morgan fingerprint density at radius 2 is 2.36 bits per heavy atom. The number of anilines is 1. The Kier molecular flexibility index (Phi) is 2.40. The summed E-state index contributed by atoms with van der Waals surface area (Å²) >= 11 is 0. The number of hydrogen-bond acceptors (Lipinski definition) is 3. The summed E-state index contributed by atoms with van der Waals surface area (Å²) in [5, 5.41) is 3.25. The molecule has 2 heterocycles. The standard InChI is InChI=1S/C11H11N3/c1-12-8-6-9-4-5-10-11(14-9)3-2-7-13-10/h2-8,14H,1H3/b9-6-,12-8-. The minimum absolute atomic E-state index is 0.970. The van der Waals surface area contributed by atoms with Gasteiger partial charge in [0, 0.05) is 25.2 Å². The van der Waals surface area contributed by atoms with Crippen LogP contribution in [0.3, 0.4) is 0 Å². The van der Waals surface area contributed by atoms with Gasteiger partial charge in [0.25, 0.3) is 0 Å². The van der Waals surface area contributed by atoms with Crippen molar-refractivity contribution in [2.75, 3.05) is 12.4 Å². The average Bonchev–Trinajstić information content (AvgIpc) is 2.26. The molecule has 0 aromatic carbocycles. The molecular weight excluding hydrogens is 174 g/mol. The van der Waals surface area contributed by atoms with Crippen LogP contribution >= 0.6 is 0 Å². The average molecular weight is 185 g/mol. The molecule has 2 rings (SSSR count). The molecular formula is C11H11N3. The summed E-state index contributed by atoms with van der Waals surface area (Å²) < 4.78 is 0. The molecule has 1 N–H and O–H groups in total. The molecule has 0 bridgehead atoms. The molecule has 1 aliphatic heterocycles. The molecule has 0 amide bonds. The first-order valence-corrected chi connectivity index (χ1v) is 4.43. The van der Waals surface area contributed by atoms with E-state index in [1.54, 1.807) is 19.5 Å². The van der Waals surface area contributed by atoms with Gasteiger partial charge in [-0.05, 0) is 30.4 Å². The van der Waals surface area contributed by atoms with Gasteiger partial charge in [0.1, 0.15) is 0 Å². The highest BCUT2D eigenvalue weighted by molar-refractivity contribution is 5.79. The fourth-order valence-corrected chi connectivity index (χ4v) is 1.27. The number of fused-ring (bicyclic) bond motifs is 1. The van der Waals surface area contributed by atoms with E-state index in [0.717, 1.165) is 17.1 Å². The van der Waals surface area contributed by atoms with Gasteiger partial charge in [0.15, 0.2) is 0 Å². The van der Waals surface area contributed by atoms with Crippen LogP contribution in [0.4, 0.5) is 5.69 Å². The molecule has 3 nitrogen and oxygen atoms in total. The van der Waals surface area contributed by atoms with Gasteiger partial charge < -0.3 is 5.32 Å². The van der Waals surface area contributed by atoms with E-state index >= 15 is 0 Å². The van der Waals surface area contributed by atoms with Crippen LogP contribution in [0.15, 0.2) is 41.2 Å². The second-order valence-electron chi connectivity index (χ2n) is 2.92. The van der Waals surface area contributed by atoms with Crippen LogP contribution in [-0.4, -0.2) is 18.2 Å². The van der Waals surface area contributed by atoms with E-state index in [-0.39, 0.29) is 0 Å². The van der Waals surface area contributed by atoms with Crippen molar-refractivity contribution < 1.29 is 0 Å². The molecule has 0 aliphatic carbocycles. The normalized spacial score (nSPS) is 17.1. The third-order valence-electron chi connectivity index (χ3n) is 1.94. The Morgan fingerprint density at radius 1 is 1.43 bits per heavy atom. The van der Waals surface area contributed by atoms with E-state index in [0.29, 0.717) is 0 Å². The lowest BCUT2D eigenvalue weighted by Crippen LogP contribution is -2.04. The number of hydrogen-bond donors (Lipinski definition) is 1. The van der Waals surface area contributed by atoms with Gasteiger partial charge in [0.05, 0.1) is 11.4 Å². The van der Waals surface area contributed by atoms with Crippen molar-refractivity contribution in [1.29, 1.82) is 0 Å². The minimum atomic E-state index is 0.970. The number of nitrogens with zero attached hydrogens (tertiary/aromatic N) is 2. The second kappa shape index (κ2) is 3.87. The predicted octanol–water partition coefficient (Wildman–Crippen LogP) is 2.10. The summed E-state index contributed by atoms with van der Waals surface area (Å²) in [5.41, 5.74) is 3.03. The van der Waals surface area contributed by atoms with Crippen molar-refractivity contribution in [1.82, 2.24) is 4.98 Å². The first-order valence-electron chi connectivity index (χ1n) is 4.43. The molecule has 0 atom stereocenters. The molecule has 1 aromatic rings. The van der Waals surface area contributed by atoms with Crippen LogP contribution in [0.25, 0.3) is 6.08 Å². The Morgan fingerprint density at radius 3 is 3.21 bits per heavy atom. The van der Waals surface area contributed by atoms with E-state index in [2.05, 4.69) is 15.3 Å². The van der Waals surface area contributed by atoms with Crippen LogP contribution in [0.1, 0.15) is 5.69 Å². The Balaban J connectivity index is 2.30. The number of nitrogens with one attached hydrogen (secondary N) is 1. The monoisotopic (exact) mass is 185 g/mol. The highest BCUT2D eigenvalue weighted by atomic mass is 14.9. The summed E-state index contributed by atoms with van der Waals surface area (Å²) in [4.78, 5) is 8.12. The van der Waals surface area contributed by atoms with Crippen molar-refractivity contribution >= 4 is 18.0 Å².